The van der Waals surface area contributed by atoms with Gasteiger partial charge in [0, 0.05) is 13.0 Å². The lowest BCUT2D eigenvalue weighted by molar-refractivity contribution is -0.140. The van der Waals surface area contributed by atoms with E-state index in [1.165, 1.54) is 5.06 Å². The van der Waals surface area contributed by atoms with Gasteiger partial charge in [-0.15, -0.1) is 0 Å². The Morgan fingerprint density at radius 2 is 1.93 bits per heavy atom. The van der Waals surface area contributed by atoms with E-state index < -0.39 is 6.04 Å². The van der Waals surface area contributed by atoms with Gasteiger partial charge >= 0.3 is 6.03 Å². The maximum Gasteiger partial charge on any atom is 0.345 e. The van der Waals surface area contributed by atoms with Gasteiger partial charge in [0.25, 0.3) is 0 Å². The van der Waals surface area contributed by atoms with E-state index in [0.717, 1.165) is 18.4 Å². The van der Waals surface area contributed by atoms with Crippen LogP contribution in [0.25, 0.3) is 0 Å². The van der Waals surface area contributed by atoms with Crippen molar-refractivity contribution >= 4 is 17.7 Å². The van der Waals surface area contributed by atoms with Crippen LogP contribution in [0.5, 0.6) is 0 Å². The topological polar surface area (TPSA) is 79.0 Å². The first kappa shape index (κ1) is 19.9. The SMILES string of the molecule is CC1CC(CC(=O)CNC(=O)[C@@H]2CC[C@@H]3CN2C(=O)N3OCc2ccccc2)C1. The van der Waals surface area contributed by atoms with Crippen LogP contribution in [0.3, 0.4) is 0 Å². The second kappa shape index (κ2) is 8.53. The largest absolute Gasteiger partial charge is 0.347 e. The number of nitrogens with zero attached hydrogens (tertiary/aromatic N) is 2. The molecular formula is C22H29N3O4. The Morgan fingerprint density at radius 3 is 2.66 bits per heavy atom. The molecule has 1 saturated carbocycles. The van der Waals surface area contributed by atoms with Crippen molar-refractivity contribution in [3.63, 3.8) is 0 Å². The van der Waals surface area contributed by atoms with Gasteiger partial charge in [-0.05, 0) is 43.1 Å². The monoisotopic (exact) mass is 399 g/mol. The fraction of sp³-hybridized carbons (Fsp3) is 0.591. The maximum absolute atomic E-state index is 12.8. The van der Waals surface area contributed by atoms with Crippen LogP contribution in [-0.4, -0.2) is 52.9 Å². The zero-order valence-corrected chi connectivity index (χ0v) is 16.9. The lowest BCUT2D eigenvalue weighted by Crippen LogP contribution is -2.50. The van der Waals surface area contributed by atoms with Gasteiger partial charge in [-0.3, -0.25) is 14.4 Å². The number of hydrogen-bond acceptors (Lipinski definition) is 4. The summed E-state index contributed by atoms with van der Waals surface area (Å²) >= 11 is 0. The van der Waals surface area contributed by atoms with E-state index in [4.69, 9.17) is 4.84 Å². The molecular weight excluding hydrogens is 370 g/mol. The maximum atomic E-state index is 12.8. The highest BCUT2D eigenvalue weighted by Crippen LogP contribution is 2.35. The molecule has 156 valence electrons. The standard InChI is InChI=1S/C22H29N3O4/c1-15-9-17(10-15)11-19(26)12-23-21(27)20-8-7-18-13-24(20)22(28)25(18)29-14-16-5-3-2-4-6-16/h2-6,15,17-18,20H,7-14H2,1H3,(H,23,27)/t15?,17?,18-,20+/m1/s1. The molecule has 2 saturated heterocycles. The first-order chi connectivity index (χ1) is 14.0. The quantitative estimate of drug-likeness (QED) is 0.729. The number of Topliss-reactive ketones (excluding diaryl/α,β-unsaturated/α-hetero) is 1. The van der Waals surface area contributed by atoms with Crippen LogP contribution in [0.2, 0.25) is 0 Å². The first-order valence-corrected chi connectivity index (χ1v) is 10.6. The number of piperidine rings is 1. The van der Waals surface area contributed by atoms with Crippen molar-refractivity contribution in [3.8, 4) is 0 Å². The summed E-state index contributed by atoms with van der Waals surface area (Å²) in [5.41, 5.74) is 0.991. The Balaban J connectivity index is 1.26. The number of ketones is 1. The van der Waals surface area contributed by atoms with E-state index in [-0.39, 0.29) is 30.3 Å². The molecule has 2 atom stereocenters. The van der Waals surface area contributed by atoms with Crippen molar-refractivity contribution in [2.24, 2.45) is 11.8 Å². The predicted molar refractivity (Wildman–Crippen MR) is 107 cm³/mol. The molecule has 7 nitrogen and oxygen atoms in total. The second-order valence-electron chi connectivity index (χ2n) is 8.67. The molecule has 2 heterocycles. The molecule has 7 heteroatoms. The molecule has 1 N–H and O–H groups in total. The van der Waals surface area contributed by atoms with Gasteiger partial charge < -0.3 is 10.2 Å². The normalized spacial score (nSPS) is 28.2. The molecule has 3 amide bonds. The number of hydrogen-bond donors (Lipinski definition) is 1. The summed E-state index contributed by atoms with van der Waals surface area (Å²) in [5.74, 6) is 1.02. The average Bonchev–Trinajstić information content (AvgIpc) is 2.94. The number of carbonyl (C=O) groups excluding carboxylic acids is 3. The van der Waals surface area contributed by atoms with Crippen molar-refractivity contribution < 1.29 is 19.2 Å². The molecule has 1 aromatic carbocycles. The molecule has 1 aliphatic carbocycles. The van der Waals surface area contributed by atoms with Crippen molar-refractivity contribution in [1.29, 1.82) is 0 Å². The van der Waals surface area contributed by atoms with Gasteiger partial charge in [0.2, 0.25) is 5.91 Å². The van der Waals surface area contributed by atoms with Crippen molar-refractivity contribution in [2.45, 2.75) is 57.7 Å². The summed E-state index contributed by atoms with van der Waals surface area (Å²) in [6.45, 7) is 3.06. The molecule has 0 aromatic heterocycles. The fourth-order valence-corrected chi connectivity index (χ4v) is 4.72. The first-order valence-electron chi connectivity index (χ1n) is 10.6. The Kier molecular flexibility index (Phi) is 5.85. The minimum atomic E-state index is -0.527. The van der Waals surface area contributed by atoms with Gasteiger partial charge in [-0.25, -0.2) is 4.79 Å². The number of hydroxylamine groups is 2. The minimum absolute atomic E-state index is 0.0301. The minimum Gasteiger partial charge on any atom is -0.347 e. The van der Waals surface area contributed by atoms with E-state index in [1.54, 1.807) is 4.90 Å². The number of amides is 3. The van der Waals surface area contributed by atoms with E-state index >= 15 is 0 Å². The lowest BCUT2D eigenvalue weighted by Gasteiger charge is -2.32. The van der Waals surface area contributed by atoms with Crippen molar-refractivity contribution in [1.82, 2.24) is 15.3 Å². The van der Waals surface area contributed by atoms with Crippen molar-refractivity contribution in [2.75, 3.05) is 13.1 Å². The molecule has 4 rings (SSSR count). The van der Waals surface area contributed by atoms with Gasteiger partial charge in [-0.2, -0.15) is 5.06 Å². The molecule has 3 fully saturated rings. The predicted octanol–water partition coefficient (Wildman–Crippen LogP) is 2.51. The van der Waals surface area contributed by atoms with Crippen LogP contribution in [0.4, 0.5) is 4.79 Å². The Hall–Kier alpha value is -2.41. The number of fused-ring (bicyclic) bond motifs is 2. The zero-order valence-electron chi connectivity index (χ0n) is 16.9. The molecule has 0 radical (unpaired) electrons. The van der Waals surface area contributed by atoms with Crippen LogP contribution >= 0.6 is 0 Å². The lowest BCUT2D eigenvalue weighted by atomic mass is 9.74. The van der Waals surface area contributed by atoms with Crippen molar-refractivity contribution in [3.05, 3.63) is 35.9 Å². The molecule has 0 unspecified atom stereocenters. The summed E-state index contributed by atoms with van der Waals surface area (Å²) < 4.78 is 0. The number of rotatable bonds is 8. The van der Waals surface area contributed by atoms with Crippen LogP contribution in [0, 0.1) is 11.8 Å². The van der Waals surface area contributed by atoms with Crippen LogP contribution in [0.1, 0.15) is 44.6 Å². The number of benzene rings is 1. The summed E-state index contributed by atoms with van der Waals surface area (Å²) in [5, 5.41) is 4.17. The van der Waals surface area contributed by atoms with Gasteiger partial charge in [0.15, 0.2) is 5.78 Å². The molecule has 3 aliphatic rings. The van der Waals surface area contributed by atoms with Gasteiger partial charge in [0.05, 0.1) is 12.6 Å². The average molecular weight is 399 g/mol. The third kappa shape index (κ3) is 4.45. The summed E-state index contributed by atoms with van der Waals surface area (Å²) in [6.07, 6.45) is 4.04. The Morgan fingerprint density at radius 1 is 1.17 bits per heavy atom. The Labute approximate surface area is 171 Å². The van der Waals surface area contributed by atoms with E-state index in [0.29, 0.717) is 44.2 Å². The second-order valence-corrected chi connectivity index (χ2v) is 8.67. The summed E-state index contributed by atoms with van der Waals surface area (Å²) in [6, 6.07) is 8.87. The molecule has 0 spiro atoms. The van der Waals surface area contributed by atoms with Crippen LogP contribution in [-0.2, 0) is 21.0 Å². The summed E-state index contributed by atoms with van der Waals surface area (Å²) in [7, 11) is 0. The fourth-order valence-electron chi connectivity index (χ4n) is 4.72. The Bertz CT molecular complexity index is 763. The summed E-state index contributed by atoms with van der Waals surface area (Å²) in [4.78, 5) is 44.8. The van der Waals surface area contributed by atoms with E-state index in [9.17, 15) is 14.4 Å². The van der Waals surface area contributed by atoms with E-state index in [2.05, 4.69) is 12.2 Å². The van der Waals surface area contributed by atoms with Crippen LogP contribution in [0.15, 0.2) is 30.3 Å². The number of nitrogens with one attached hydrogen (secondary N) is 1. The molecule has 2 bridgehead atoms. The molecule has 1 aromatic rings. The smallest absolute Gasteiger partial charge is 0.345 e. The van der Waals surface area contributed by atoms with Gasteiger partial charge in [0.1, 0.15) is 12.6 Å². The third-order valence-corrected chi connectivity index (χ3v) is 6.29. The molecule has 29 heavy (non-hydrogen) atoms. The molecule has 2 aliphatic heterocycles. The zero-order chi connectivity index (χ0) is 20.4. The number of urea groups is 1. The van der Waals surface area contributed by atoms with Crippen LogP contribution < -0.4 is 5.32 Å². The third-order valence-electron chi connectivity index (χ3n) is 6.29. The van der Waals surface area contributed by atoms with Gasteiger partial charge in [-0.1, -0.05) is 37.3 Å². The highest BCUT2D eigenvalue weighted by Gasteiger charge is 2.47. The number of carbonyl (C=O) groups is 3. The van der Waals surface area contributed by atoms with E-state index in [1.807, 2.05) is 30.3 Å². The highest BCUT2D eigenvalue weighted by atomic mass is 16.7. The highest BCUT2D eigenvalue weighted by molar-refractivity contribution is 5.91.